The van der Waals surface area contributed by atoms with Crippen LogP contribution in [0.15, 0.2) is 67.3 Å². The van der Waals surface area contributed by atoms with Crippen molar-refractivity contribution in [3.8, 4) is 11.5 Å². The van der Waals surface area contributed by atoms with Gasteiger partial charge in [-0.1, -0.05) is 50.3 Å². The molecule has 0 saturated carbocycles. The second-order valence-electron chi connectivity index (χ2n) is 5.96. The minimum atomic E-state index is -0.596. The summed E-state index contributed by atoms with van der Waals surface area (Å²) in [5, 5.41) is 0. The predicted octanol–water partition coefficient (Wildman–Crippen LogP) is 4.75. The molecule has 0 fully saturated rings. The highest BCUT2D eigenvalue weighted by atomic mass is 16.6. The first kappa shape index (κ1) is 18.7. The molecule has 2 rings (SSSR count). The molecule has 0 aliphatic rings. The van der Waals surface area contributed by atoms with Crippen LogP contribution in [0.1, 0.15) is 19.4 Å². The maximum absolute atomic E-state index is 12.2. The number of carbonyl (C=O) groups is 1. The molecule has 0 heterocycles. The Morgan fingerprint density at radius 3 is 2.48 bits per heavy atom. The molecule has 1 unspecified atom stereocenters. The van der Waals surface area contributed by atoms with Gasteiger partial charge in [0.25, 0.3) is 0 Å². The van der Waals surface area contributed by atoms with Gasteiger partial charge in [0.2, 0.25) is 0 Å². The van der Waals surface area contributed by atoms with Gasteiger partial charge in [-0.25, -0.2) is 4.79 Å². The quantitative estimate of drug-likeness (QED) is 0.488. The Kier molecular flexibility index (Phi) is 7.23. The molecule has 0 bridgehead atoms. The molecule has 1 atom stereocenters. The lowest BCUT2D eigenvalue weighted by Crippen LogP contribution is -2.31. The summed E-state index contributed by atoms with van der Waals surface area (Å²) in [6.45, 7) is 7.93. The molecule has 4 nitrogen and oxygen atoms in total. The minimum absolute atomic E-state index is 0.0280. The average Bonchev–Trinajstić information content (AvgIpc) is 2.61. The summed E-state index contributed by atoms with van der Waals surface area (Å²) in [6.07, 6.45) is 1.02. The largest absolute Gasteiger partial charge is 0.459 e. The molecule has 25 heavy (non-hydrogen) atoms. The first-order valence-corrected chi connectivity index (χ1v) is 8.31. The van der Waals surface area contributed by atoms with Gasteiger partial charge in [-0.15, -0.1) is 6.58 Å². The van der Waals surface area contributed by atoms with E-state index in [0.717, 1.165) is 11.3 Å². The lowest BCUT2D eigenvalue weighted by molar-refractivity contribution is -0.160. The van der Waals surface area contributed by atoms with E-state index >= 15 is 0 Å². The summed E-state index contributed by atoms with van der Waals surface area (Å²) < 4.78 is 16.7. The Bertz CT molecular complexity index is 679. The van der Waals surface area contributed by atoms with Crippen molar-refractivity contribution in [3.63, 3.8) is 0 Å². The van der Waals surface area contributed by atoms with Crippen LogP contribution in [0.2, 0.25) is 0 Å². The smallest absolute Gasteiger partial charge is 0.335 e. The summed E-state index contributed by atoms with van der Waals surface area (Å²) in [5.41, 5.74) is 0.855. The molecule has 0 radical (unpaired) electrons. The van der Waals surface area contributed by atoms with Gasteiger partial charge < -0.3 is 14.2 Å². The number of rotatable bonds is 9. The number of carbonyl (C=O) groups excluding carboxylic acids is 1. The van der Waals surface area contributed by atoms with Crippen LogP contribution in [0.3, 0.4) is 0 Å². The van der Waals surface area contributed by atoms with Gasteiger partial charge in [0.1, 0.15) is 18.1 Å². The lowest BCUT2D eigenvalue weighted by Gasteiger charge is -2.19. The summed E-state index contributed by atoms with van der Waals surface area (Å²) in [6, 6.07) is 17.0. The molecule has 4 heteroatoms. The van der Waals surface area contributed by atoms with E-state index in [9.17, 15) is 4.79 Å². The number of esters is 1. The minimum Gasteiger partial charge on any atom is -0.459 e. The van der Waals surface area contributed by atoms with Crippen LogP contribution in [0.25, 0.3) is 0 Å². The maximum atomic E-state index is 12.2. The molecule has 0 N–H and O–H groups in total. The van der Waals surface area contributed by atoms with Crippen LogP contribution in [-0.4, -0.2) is 18.7 Å². The molecule has 2 aromatic carbocycles. The Morgan fingerprint density at radius 1 is 1.08 bits per heavy atom. The van der Waals surface area contributed by atoms with Crippen LogP contribution in [0.5, 0.6) is 11.5 Å². The van der Waals surface area contributed by atoms with Crippen molar-refractivity contribution >= 4 is 5.97 Å². The molecule has 0 aliphatic heterocycles. The van der Waals surface area contributed by atoms with Gasteiger partial charge in [-0.05, 0) is 35.7 Å². The molecule has 2 aromatic rings. The number of hydrogen-bond donors (Lipinski definition) is 0. The molecular formula is C21H24O4. The molecule has 0 saturated heterocycles. The zero-order chi connectivity index (χ0) is 18.1. The van der Waals surface area contributed by atoms with Gasteiger partial charge in [-0.3, -0.25) is 0 Å². The fourth-order valence-corrected chi connectivity index (χ4v) is 2.26. The first-order valence-electron chi connectivity index (χ1n) is 8.31. The number of hydrogen-bond acceptors (Lipinski definition) is 4. The van der Waals surface area contributed by atoms with Crippen molar-refractivity contribution in [1.82, 2.24) is 0 Å². The second-order valence-corrected chi connectivity index (χ2v) is 5.96. The van der Waals surface area contributed by atoms with Gasteiger partial charge in [0.05, 0.1) is 6.61 Å². The Labute approximate surface area is 149 Å². The third-order valence-corrected chi connectivity index (χ3v) is 3.49. The fourth-order valence-electron chi connectivity index (χ4n) is 2.26. The van der Waals surface area contributed by atoms with E-state index in [2.05, 4.69) is 6.58 Å². The predicted molar refractivity (Wildman–Crippen MR) is 97.5 cm³/mol. The van der Waals surface area contributed by atoms with Gasteiger partial charge in [0, 0.05) is 0 Å². The molecule has 0 aliphatic carbocycles. The molecule has 132 valence electrons. The summed E-state index contributed by atoms with van der Waals surface area (Å²) in [5.74, 6) is 1.11. The zero-order valence-corrected chi connectivity index (χ0v) is 14.7. The standard InChI is InChI=1S/C21H24O4/c1-4-13-23-20(16(2)3)21(22)24-15-17-9-8-12-19(14-17)25-18-10-6-5-7-11-18/h4-12,14,16,20H,1,13,15H2,2-3H3. The summed E-state index contributed by atoms with van der Waals surface area (Å²) >= 11 is 0. The van der Waals surface area contributed by atoms with Crippen LogP contribution in [0.4, 0.5) is 0 Å². The highest BCUT2D eigenvalue weighted by Crippen LogP contribution is 2.22. The van der Waals surface area contributed by atoms with Gasteiger partial charge in [-0.2, -0.15) is 0 Å². The SMILES string of the molecule is C=CCOC(C(=O)OCc1cccc(Oc2ccccc2)c1)C(C)C. The van der Waals surface area contributed by atoms with E-state index in [-0.39, 0.29) is 18.5 Å². The average molecular weight is 340 g/mol. The Morgan fingerprint density at radius 2 is 1.80 bits per heavy atom. The summed E-state index contributed by atoms with van der Waals surface area (Å²) in [4.78, 5) is 12.2. The number of benzene rings is 2. The summed E-state index contributed by atoms with van der Waals surface area (Å²) in [7, 11) is 0. The normalized spacial score (nSPS) is 11.8. The lowest BCUT2D eigenvalue weighted by atomic mass is 10.1. The van der Waals surface area contributed by atoms with Crippen molar-refractivity contribution < 1.29 is 19.0 Å². The van der Waals surface area contributed by atoms with Gasteiger partial charge in [0.15, 0.2) is 6.10 Å². The number of para-hydroxylation sites is 1. The molecule has 0 amide bonds. The highest BCUT2D eigenvalue weighted by molar-refractivity contribution is 5.75. The molecule has 0 spiro atoms. The van der Waals surface area contributed by atoms with Crippen LogP contribution < -0.4 is 4.74 Å². The monoisotopic (exact) mass is 340 g/mol. The molecule has 0 aromatic heterocycles. The zero-order valence-electron chi connectivity index (χ0n) is 14.7. The fraction of sp³-hybridized carbons (Fsp3) is 0.286. The van der Waals surface area contributed by atoms with Crippen LogP contribution in [0, 0.1) is 5.92 Å². The van der Waals surface area contributed by atoms with E-state index in [4.69, 9.17) is 14.2 Å². The van der Waals surface area contributed by atoms with Crippen molar-refractivity contribution in [2.24, 2.45) is 5.92 Å². The second kappa shape index (κ2) is 9.64. The third-order valence-electron chi connectivity index (χ3n) is 3.49. The van der Waals surface area contributed by atoms with Crippen molar-refractivity contribution in [2.45, 2.75) is 26.6 Å². The van der Waals surface area contributed by atoms with Gasteiger partial charge >= 0.3 is 5.97 Å². The van der Waals surface area contributed by atoms with Crippen molar-refractivity contribution in [2.75, 3.05) is 6.61 Å². The Balaban J connectivity index is 1.95. The van der Waals surface area contributed by atoms with E-state index < -0.39 is 6.10 Å². The Hall–Kier alpha value is -2.59. The van der Waals surface area contributed by atoms with Crippen LogP contribution >= 0.6 is 0 Å². The van der Waals surface area contributed by atoms with E-state index in [0.29, 0.717) is 12.4 Å². The molecular weight excluding hydrogens is 316 g/mol. The van der Waals surface area contributed by atoms with Crippen LogP contribution in [-0.2, 0) is 20.9 Å². The van der Waals surface area contributed by atoms with E-state index in [1.807, 2.05) is 68.4 Å². The highest BCUT2D eigenvalue weighted by Gasteiger charge is 2.24. The topological polar surface area (TPSA) is 44.8 Å². The third kappa shape index (κ3) is 6.08. The number of ether oxygens (including phenoxy) is 3. The van der Waals surface area contributed by atoms with Crippen molar-refractivity contribution in [3.05, 3.63) is 72.8 Å². The first-order chi connectivity index (χ1) is 12.1. The van der Waals surface area contributed by atoms with Crippen molar-refractivity contribution in [1.29, 1.82) is 0 Å². The maximum Gasteiger partial charge on any atom is 0.335 e. The van der Waals surface area contributed by atoms with E-state index in [1.54, 1.807) is 6.08 Å². The van der Waals surface area contributed by atoms with E-state index in [1.165, 1.54) is 0 Å².